The van der Waals surface area contributed by atoms with Gasteiger partial charge in [-0.15, -0.1) is 0 Å². The lowest BCUT2D eigenvalue weighted by atomic mass is 10.2. The second-order valence-corrected chi connectivity index (χ2v) is 8.53. The number of aryl methyl sites for hydroxylation is 1. The number of nitrogens with zero attached hydrogens (tertiary/aromatic N) is 2. The van der Waals surface area contributed by atoms with Gasteiger partial charge in [0.25, 0.3) is 5.91 Å². The molecule has 6 nitrogen and oxygen atoms in total. The summed E-state index contributed by atoms with van der Waals surface area (Å²) in [5, 5.41) is 7.21. The minimum atomic E-state index is -3.28. The molecule has 1 N–H and O–H groups in total. The van der Waals surface area contributed by atoms with E-state index in [4.69, 9.17) is 0 Å². The van der Waals surface area contributed by atoms with Gasteiger partial charge in [-0.1, -0.05) is 18.2 Å². The Labute approximate surface area is 155 Å². The quantitative estimate of drug-likeness (QED) is 0.752. The van der Waals surface area contributed by atoms with Gasteiger partial charge in [0.2, 0.25) is 0 Å². The van der Waals surface area contributed by atoms with Crippen LogP contribution in [0.1, 0.15) is 27.2 Å². The first-order chi connectivity index (χ1) is 12.8. The van der Waals surface area contributed by atoms with Gasteiger partial charge in [-0.2, -0.15) is 5.10 Å². The molecule has 2 heterocycles. The fourth-order valence-corrected chi connectivity index (χ4v) is 4.62. The molecule has 0 fully saturated rings. The SMILES string of the molecule is Cc1ccccc1-n1nc2c(c1NC(=O)c1ccc(F)cc1)CS(=O)(=O)C2. The van der Waals surface area contributed by atoms with E-state index < -0.39 is 21.6 Å². The number of rotatable bonds is 3. The number of carbonyl (C=O) groups excluding carboxylic acids is 1. The van der Waals surface area contributed by atoms with Crippen LogP contribution in [0, 0.1) is 12.7 Å². The van der Waals surface area contributed by atoms with Gasteiger partial charge >= 0.3 is 0 Å². The average Bonchev–Trinajstić information content (AvgIpc) is 3.08. The van der Waals surface area contributed by atoms with Crippen molar-refractivity contribution in [2.24, 2.45) is 0 Å². The zero-order chi connectivity index (χ0) is 19.2. The van der Waals surface area contributed by atoms with Gasteiger partial charge in [0.1, 0.15) is 11.6 Å². The molecule has 4 rings (SSSR count). The number of amides is 1. The predicted octanol–water partition coefficient (Wildman–Crippen LogP) is 3.00. The van der Waals surface area contributed by atoms with Gasteiger partial charge in [0, 0.05) is 11.1 Å². The lowest BCUT2D eigenvalue weighted by molar-refractivity contribution is 0.102. The first-order valence-corrected chi connectivity index (χ1v) is 10.1. The van der Waals surface area contributed by atoms with E-state index >= 15 is 0 Å². The van der Waals surface area contributed by atoms with Crippen molar-refractivity contribution in [3.05, 3.63) is 76.7 Å². The topological polar surface area (TPSA) is 81.1 Å². The number of nitrogens with one attached hydrogen (secondary N) is 1. The third kappa shape index (κ3) is 3.23. The highest BCUT2D eigenvalue weighted by Gasteiger charge is 2.33. The van der Waals surface area contributed by atoms with Gasteiger partial charge in [0.15, 0.2) is 9.84 Å². The number of carbonyl (C=O) groups is 1. The van der Waals surface area contributed by atoms with Gasteiger partial charge in [-0.3, -0.25) is 4.79 Å². The largest absolute Gasteiger partial charge is 0.306 e. The Kier molecular flexibility index (Phi) is 4.07. The molecule has 0 atom stereocenters. The summed E-state index contributed by atoms with van der Waals surface area (Å²) >= 11 is 0. The Morgan fingerprint density at radius 3 is 2.52 bits per heavy atom. The Balaban J connectivity index is 1.80. The summed E-state index contributed by atoms with van der Waals surface area (Å²) in [4.78, 5) is 12.6. The van der Waals surface area contributed by atoms with Crippen molar-refractivity contribution in [1.29, 1.82) is 0 Å². The first kappa shape index (κ1) is 17.4. The summed E-state index contributed by atoms with van der Waals surface area (Å²) in [5.41, 5.74) is 2.88. The fourth-order valence-electron chi connectivity index (χ4n) is 3.13. The number of para-hydroxylation sites is 1. The van der Waals surface area contributed by atoms with Crippen molar-refractivity contribution < 1.29 is 17.6 Å². The number of aromatic nitrogens is 2. The van der Waals surface area contributed by atoms with Crippen LogP contribution in [0.4, 0.5) is 10.2 Å². The Morgan fingerprint density at radius 2 is 1.81 bits per heavy atom. The predicted molar refractivity (Wildman–Crippen MR) is 99.0 cm³/mol. The summed E-state index contributed by atoms with van der Waals surface area (Å²) in [6.45, 7) is 1.91. The molecule has 0 unspecified atom stereocenters. The molecule has 138 valence electrons. The molecule has 0 saturated carbocycles. The molecule has 1 aromatic heterocycles. The van der Waals surface area contributed by atoms with Crippen LogP contribution in [-0.2, 0) is 21.3 Å². The van der Waals surface area contributed by atoms with E-state index in [2.05, 4.69) is 10.4 Å². The maximum atomic E-state index is 13.1. The summed E-state index contributed by atoms with van der Waals surface area (Å²) in [6, 6.07) is 12.6. The fraction of sp³-hybridized carbons (Fsp3) is 0.158. The summed E-state index contributed by atoms with van der Waals surface area (Å²) < 4.78 is 38.7. The first-order valence-electron chi connectivity index (χ1n) is 8.28. The summed E-state index contributed by atoms with van der Waals surface area (Å²) in [7, 11) is -3.28. The molecular weight excluding hydrogens is 369 g/mol. The normalized spacial score (nSPS) is 14.7. The van der Waals surface area contributed by atoms with Crippen LogP contribution >= 0.6 is 0 Å². The highest BCUT2D eigenvalue weighted by atomic mass is 32.2. The Morgan fingerprint density at radius 1 is 1.11 bits per heavy atom. The highest BCUT2D eigenvalue weighted by Crippen LogP contribution is 2.33. The monoisotopic (exact) mass is 385 g/mol. The minimum Gasteiger partial charge on any atom is -0.306 e. The second-order valence-electron chi connectivity index (χ2n) is 6.47. The molecule has 0 spiro atoms. The molecule has 0 radical (unpaired) electrons. The molecule has 1 aliphatic rings. The number of halogens is 1. The summed E-state index contributed by atoms with van der Waals surface area (Å²) in [5.74, 6) is -0.900. The van der Waals surface area contributed by atoms with Gasteiger partial charge < -0.3 is 5.32 Å². The minimum absolute atomic E-state index is 0.152. The van der Waals surface area contributed by atoms with E-state index in [-0.39, 0.29) is 17.1 Å². The Hall–Kier alpha value is -3.00. The van der Waals surface area contributed by atoms with Crippen LogP contribution in [0.5, 0.6) is 0 Å². The molecule has 8 heteroatoms. The molecule has 2 aromatic carbocycles. The van der Waals surface area contributed by atoms with E-state index in [9.17, 15) is 17.6 Å². The summed E-state index contributed by atoms with van der Waals surface area (Å²) in [6.07, 6.45) is 0. The third-order valence-corrected chi connectivity index (χ3v) is 5.91. The standard InChI is InChI=1S/C19H16FN3O3S/c1-12-4-2-3-5-17(12)23-18(15-10-27(25,26)11-16(15)22-23)21-19(24)13-6-8-14(20)9-7-13/h2-9H,10-11H2,1H3,(H,21,24). The maximum Gasteiger partial charge on any atom is 0.256 e. The molecule has 0 aliphatic carbocycles. The lowest BCUT2D eigenvalue weighted by Crippen LogP contribution is -2.17. The van der Waals surface area contributed by atoms with Crippen molar-refractivity contribution in [3.8, 4) is 5.69 Å². The van der Waals surface area contributed by atoms with Crippen LogP contribution in [0.25, 0.3) is 5.69 Å². The van der Waals surface area contributed by atoms with Crippen LogP contribution in [0.15, 0.2) is 48.5 Å². The number of fused-ring (bicyclic) bond motifs is 1. The maximum absolute atomic E-state index is 13.1. The molecule has 1 aliphatic heterocycles. The van der Waals surface area contributed by atoms with E-state index in [1.165, 1.54) is 24.3 Å². The van der Waals surface area contributed by atoms with E-state index in [0.717, 1.165) is 11.3 Å². The van der Waals surface area contributed by atoms with Crippen molar-refractivity contribution in [2.45, 2.75) is 18.4 Å². The molecule has 0 bridgehead atoms. The van der Waals surface area contributed by atoms with Gasteiger partial charge in [-0.05, 0) is 42.8 Å². The van der Waals surface area contributed by atoms with Gasteiger partial charge in [0.05, 0.1) is 22.9 Å². The highest BCUT2D eigenvalue weighted by molar-refractivity contribution is 7.90. The van der Waals surface area contributed by atoms with Crippen LogP contribution in [0.3, 0.4) is 0 Å². The van der Waals surface area contributed by atoms with Crippen LogP contribution in [-0.4, -0.2) is 24.1 Å². The molecule has 0 saturated heterocycles. The lowest BCUT2D eigenvalue weighted by Gasteiger charge is -2.13. The van der Waals surface area contributed by atoms with Crippen LogP contribution in [0.2, 0.25) is 0 Å². The number of hydrogen-bond acceptors (Lipinski definition) is 4. The van der Waals surface area contributed by atoms with Crippen LogP contribution < -0.4 is 5.32 Å². The molecular formula is C19H16FN3O3S. The number of benzene rings is 2. The smallest absolute Gasteiger partial charge is 0.256 e. The zero-order valence-corrected chi connectivity index (χ0v) is 15.3. The van der Waals surface area contributed by atoms with Crippen molar-refractivity contribution in [2.75, 3.05) is 5.32 Å². The average molecular weight is 385 g/mol. The number of sulfone groups is 1. The van der Waals surface area contributed by atoms with Crippen molar-refractivity contribution >= 4 is 21.6 Å². The molecule has 27 heavy (non-hydrogen) atoms. The van der Waals surface area contributed by atoms with Gasteiger partial charge in [-0.25, -0.2) is 17.5 Å². The zero-order valence-electron chi connectivity index (χ0n) is 14.4. The van der Waals surface area contributed by atoms with E-state index in [1.807, 2.05) is 31.2 Å². The number of hydrogen-bond donors (Lipinski definition) is 1. The molecule has 1 amide bonds. The van der Waals surface area contributed by atoms with E-state index in [0.29, 0.717) is 17.1 Å². The third-order valence-electron chi connectivity index (χ3n) is 4.47. The molecule has 3 aromatic rings. The Bertz CT molecular complexity index is 1150. The van der Waals surface area contributed by atoms with Crippen molar-refractivity contribution in [1.82, 2.24) is 9.78 Å². The van der Waals surface area contributed by atoms with Crippen molar-refractivity contribution in [3.63, 3.8) is 0 Å². The number of anilines is 1. The van der Waals surface area contributed by atoms with E-state index in [1.54, 1.807) is 4.68 Å². The second kappa shape index (κ2) is 6.31.